The Kier molecular flexibility index (Phi) is 33.6. The number of hydrogen-bond donors (Lipinski definition) is 6. The smallest absolute Gasteiger partial charge is 0.336 e. The molecule has 0 saturated heterocycles. The molecule has 2 aromatic rings. The van der Waals surface area contributed by atoms with Gasteiger partial charge in [-0.25, -0.2) is 0 Å². The third kappa shape index (κ3) is 25.4. The Hall–Kier alpha value is -4.67. The Labute approximate surface area is 443 Å². The summed E-state index contributed by atoms with van der Waals surface area (Å²) < 4.78 is 66.6. The van der Waals surface area contributed by atoms with Gasteiger partial charge in [0.05, 0.1) is 59.3 Å². The molecule has 0 radical (unpaired) electrons. The van der Waals surface area contributed by atoms with Crippen LogP contribution in [0, 0.1) is 17.2 Å². The average Bonchev–Trinajstić information content (AvgIpc) is 3.37. The largest absolute Gasteiger partial charge is 0.505 e. The van der Waals surface area contributed by atoms with Crippen LogP contribution in [0.1, 0.15) is 78.9 Å². The van der Waals surface area contributed by atoms with Crippen molar-refractivity contribution in [2.75, 3.05) is 80.2 Å². The number of amides is 2. The third-order valence-corrected chi connectivity index (χ3v) is 13.3. The van der Waals surface area contributed by atoms with Crippen LogP contribution in [-0.2, 0) is 66.9 Å². The number of nitriles is 1. The quantitative estimate of drug-likeness (QED) is 0.0136. The van der Waals surface area contributed by atoms with Crippen LogP contribution >= 0.6 is 8.53 Å². The normalized spacial score (nSPS) is 16.1. The van der Waals surface area contributed by atoms with Crippen molar-refractivity contribution in [3.63, 3.8) is 0 Å². The van der Waals surface area contributed by atoms with Gasteiger partial charge in [0.2, 0.25) is 18.2 Å². The van der Waals surface area contributed by atoms with E-state index in [1.54, 1.807) is 20.5 Å². The first kappa shape index (κ1) is 66.4. The molecule has 0 aromatic heterocycles. The molecule has 2 aromatic carbocycles. The molecular weight excluding hydrogens is 998 g/mol. The second kappa shape index (κ2) is 38.0. The molecule has 2 amide bonds. The summed E-state index contributed by atoms with van der Waals surface area (Å²) in [6.45, 7) is 15.0. The molecule has 6 N–H and O–H groups in total. The summed E-state index contributed by atoms with van der Waals surface area (Å²) in [5.41, 5.74) is 0.531. The number of benzene rings is 2. The van der Waals surface area contributed by atoms with Crippen molar-refractivity contribution >= 4 is 26.3 Å². The second-order valence-corrected chi connectivity index (χ2v) is 18.8. The molecule has 22 nitrogen and oxygen atoms in total. The first-order valence-corrected chi connectivity index (χ1v) is 26.2. The highest BCUT2D eigenvalue weighted by molar-refractivity contribution is 7.44. The van der Waals surface area contributed by atoms with E-state index in [4.69, 9.17) is 51.7 Å². The molecule has 0 saturated carbocycles. The van der Waals surface area contributed by atoms with E-state index in [-0.39, 0.29) is 64.4 Å². The van der Waals surface area contributed by atoms with Crippen LogP contribution in [0.3, 0.4) is 0 Å². The molecule has 2 rings (SSSR count). The van der Waals surface area contributed by atoms with Gasteiger partial charge in [0.15, 0.2) is 18.7 Å². The number of hydrogen-bond acceptors (Lipinski definition) is 20. The van der Waals surface area contributed by atoms with Gasteiger partial charge in [-0.05, 0) is 76.8 Å². The standard InChI is InChI=1S/C52H82N5O17P/c1-11-42(21-16-29-64-9)52(43-19-14-13-15-20-43,44-22-24-45(65-10)25-23-44)70-33-46(74-75(71-30-17-26-53)57(12-2)37(3)4)32-68-51(63)55-28-18-27-54-49(62)35-66-36-69-48(34-67-39(6)59)50(73-41(8)61)47(72-40(7)60)31-56-38(5)58/h11,13-16,19-20,22-25,29,37,39,41-42,46-48,50-51,55,59,61,63H,1,12,17-18,21,27-28,30-36H2,2-10H3,(H,54,62)(H,56,58)/p+1. The van der Waals surface area contributed by atoms with Crippen LogP contribution < -0.4 is 20.7 Å². The van der Waals surface area contributed by atoms with Crippen LogP contribution in [0.15, 0.2) is 79.6 Å². The molecule has 0 heterocycles. The van der Waals surface area contributed by atoms with Gasteiger partial charge in [-0.2, -0.15) is 14.3 Å². The lowest BCUT2D eigenvalue weighted by atomic mass is 9.74. The lowest BCUT2D eigenvalue weighted by Gasteiger charge is -2.41. The molecule has 23 heteroatoms. The Balaban J connectivity index is 2.22. The van der Waals surface area contributed by atoms with Crippen molar-refractivity contribution in [1.82, 2.24) is 20.6 Å². The summed E-state index contributed by atoms with van der Waals surface area (Å²) in [6, 6.07) is 19.6. The molecule has 0 spiro atoms. The van der Waals surface area contributed by atoms with E-state index in [2.05, 4.69) is 33.3 Å². The van der Waals surface area contributed by atoms with Gasteiger partial charge >= 0.3 is 14.5 Å². The van der Waals surface area contributed by atoms with E-state index in [0.717, 1.165) is 18.1 Å². The minimum atomic E-state index is -2.23. The van der Waals surface area contributed by atoms with Gasteiger partial charge in [-0.3, -0.25) is 19.7 Å². The van der Waals surface area contributed by atoms with Crippen LogP contribution in [0.2, 0.25) is 0 Å². The fourth-order valence-corrected chi connectivity index (χ4v) is 9.34. The van der Waals surface area contributed by atoms with Crippen LogP contribution in [0.25, 0.3) is 0 Å². The summed E-state index contributed by atoms with van der Waals surface area (Å²) in [5.74, 6) is -1.28. The van der Waals surface area contributed by atoms with Gasteiger partial charge in [-0.15, -0.1) is 11.2 Å². The summed E-state index contributed by atoms with van der Waals surface area (Å²) in [4.78, 5) is 36.3. The second-order valence-electron chi connectivity index (χ2n) is 17.2. The van der Waals surface area contributed by atoms with Crippen molar-refractivity contribution in [2.45, 2.75) is 123 Å². The number of nitrogens with one attached hydrogen (secondary N) is 3. The van der Waals surface area contributed by atoms with E-state index in [9.17, 15) is 35.0 Å². The monoisotopic (exact) mass is 1080 g/mol. The summed E-state index contributed by atoms with van der Waals surface area (Å²) in [7, 11) is 0.949. The number of allylic oxidation sites excluding steroid dienone is 1. The van der Waals surface area contributed by atoms with Crippen molar-refractivity contribution in [2.24, 2.45) is 5.92 Å². The zero-order valence-electron chi connectivity index (χ0n) is 45.0. The minimum Gasteiger partial charge on any atom is -0.505 e. The van der Waals surface area contributed by atoms with E-state index in [1.807, 2.05) is 87.5 Å². The topological polar surface area (TPSA) is 277 Å². The number of aliphatic hydroxyl groups is 3. The predicted octanol–water partition coefficient (Wildman–Crippen LogP) is 4.21. The number of ether oxygens (including phenoxy) is 9. The lowest BCUT2D eigenvalue weighted by Crippen LogP contribution is -2.51. The highest BCUT2D eigenvalue weighted by Crippen LogP contribution is 2.47. The molecule has 0 bridgehead atoms. The van der Waals surface area contributed by atoms with Crippen LogP contribution in [-0.4, -0.2) is 167 Å². The third-order valence-electron chi connectivity index (χ3n) is 11.0. The Morgan fingerprint density at radius 1 is 0.893 bits per heavy atom. The predicted molar refractivity (Wildman–Crippen MR) is 279 cm³/mol. The van der Waals surface area contributed by atoms with Crippen LogP contribution in [0.5, 0.6) is 5.75 Å². The van der Waals surface area contributed by atoms with Gasteiger partial charge in [0.25, 0.3) is 0 Å². The van der Waals surface area contributed by atoms with Crippen molar-refractivity contribution < 1.29 is 81.4 Å². The number of nitrogens with zero attached hydrogens (tertiary/aromatic N) is 2. The molecule has 0 aliphatic heterocycles. The zero-order valence-corrected chi connectivity index (χ0v) is 46.0. The number of esters is 1. The molecule has 10 unspecified atom stereocenters. The van der Waals surface area contributed by atoms with Gasteiger partial charge in [0, 0.05) is 45.4 Å². The molecular formula is C52H83N5O17P+. The SMILES string of the molecule is C=CC(CC=COC)C(OCC(COC(O)NCCCNC(=O)COCOC(COC(C)O)C(OC(C)O)C(CNC(C)=O)OC(C)=O)O[PH+](OCCC#N)N(CC)C(C)C)(c1ccccc1)c1ccc(OC)cc1. The highest BCUT2D eigenvalue weighted by Gasteiger charge is 2.44. The Morgan fingerprint density at radius 2 is 1.60 bits per heavy atom. The highest BCUT2D eigenvalue weighted by atomic mass is 31.2. The van der Waals surface area contributed by atoms with Crippen molar-refractivity contribution in [1.29, 1.82) is 5.26 Å². The van der Waals surface area contributed by atoms with E-state index < -0.39 is 88.7 Å². The molecule has 10 atom stereocenters. The fourth-order valence-electron chi connectivity index (χ4n) is 7.59. The Morgan fingerprint density at radius 3 is 2.19 bits per heavy atom. The molecule has 0 fully saturated rings. The molecule has 75 heavy (non-hydrogen) atoms. The van der Waals surface area contributed by atoms with Crippen molar-refractivity contribution in [3.05, 3.63) is 90.7 Å². The number of rotatable bonds is 42. The number of aliphatic hydroxyl groups excluding tert-OH is 3. The number of methoxy groups -OCH3 is 2. The maximum Gasteiger partial charge on any atom is 0.336 e. The summed E-state index contributed by atoms with van der Waals surface area (Å²) >= 11 is 0. The number of carbonyl (C=O) groups is 3. The first-order chi connectivity index (χ1) is 35.9. The summed E-state index contributed by atoms with van der Waals surface area (Å²) in [5, 5.41) is 48.4. The molecule has 0 aliphatic carbocycles. The maximum absolute atomic E-state index is 12.7. The van der Waals surface area contributed by atoms with E-state index in [0.29, 0.717) is 25.1 Å². The number of carbonyl (C=O) groups excluding carboxylic acids is 3. The minimum absolute atomic E-state index is 0.0284. The van der Waals surface area contributed by atoms with Gasteiger partial charge in [0.1, 0.15) is 49.7 Å². The summed E-state index contributed by atoms with van der Waals surface area (Å²) in [6.07, 6.45) is -1.96. The van der Waals surface area contributed by atoms with Crippen LogP contribution in [0.4, 0.5) is 0 Å². The Bertz CT molecular complexity index is 1960. The van der Waals surface area contributed by atoms with Gasteiger partial charge in [-0.1, -0.05) is 48.5 Å². The maximum atomic E-state index is 12.7. The average molecular weight is 1080 g/mol. The van der Waals surface area contributed by atoms with E-state index in [1.165, 1.54) is 20.8 Å². The van der Waals surface area contributed by atoms with Gasteiger partial charge < -0.3 is 68.6 Å². The van der Waals surface area contributed by atoms with E-state index >= 15 is 0 Å². The fraction of sp³-hybridized carbons (Fsp3) is 0.615. The lowest BCUT2D eigenvalue weighted by molar-refractivity contribution is -0.235. The molecule has 0 aliphatic rings. The van der Waals surface area contributed by atoms with Crippen molar-refractivity contribution in [3.8, 4) is 11.8 Å². The zero-order chi connectivity index (χ0) is 55.6. The molecule has 422 valence electrons. The first-order valence-electron chi connectivity index (χ1n) is 24.9.